The van der Waals surface area contributed by atoms with E-state index >= 15 is 0 Å². The molecular weight excluding hydrogens is 377 g/mol. The van der Waals surface area contributed by atoms with E-state index in [-0.39, 0.29) is 29.9 Å². The van der Waals surface area contributed by atoms with Crippen molar-refractivity contribution in [2.45, 2.75) is 32.7 Å². The molecule has 1 aliphatic carbocycles. The Kier molecular flexibility index (Phi) is 4.93. The van der Waals surface area contributed by atoms with Crippen LogP contribution in [0.4, 0.5) is 0 Å². The lowest BCUT2D eigenvalue weighted by molar-refractivity contribution is 0.0999. The van der Waals surface area contributed by atoms with E-state index in [0.29, 0.717) is 11.6 Å². The van der Waals surface area contributed by atoms with Gasteiger partial charge in [0.2, 0.25) is 5.91 Å². The second-order valence-electron chi connectivity index (χ2n) is 5.48. The third-order valence-corrected chi connectivity index (χ3v) is 4.53. The fourth-order valence-electron chi connectivity index (χ4n) is 3.54. The predicted molar refractivity (Wildman–Crippen MR) is 96.3 cm³/mol. The van der Waals surface area contributed by atoms with Crippen molar-refractivity contribution in [3.05, 3.63) is 35.0 Å². The minimum Gasteiger partial charge on any atom is -0.366 e. The zero-order valence-electron chi connectivity index (χ0n) is 12.5. The number of rotatable bonds is 4. The number of carbonyl (C=O) groups is 1. The summed E-state index contributed by atoms with van der Waals surface area (Å²) in [6, 6.07) is 4.27. The second-order valence-corrected chi connectivity index (χ2v) is 5.48. The molecule has 1 aromatic carbocycles. The number of benzene rings is 1. The van der Waals surface area contributed by atoms with E-state index in [4.69, 9.17) is 5.73 Å². The molecule has 1 atom stereocenters. The number of nitrogens with two attached hydrogens (primary N) is 1. The van der Waals surface area contributed by atoms with Gasteiger partial charge in [-0.2, -0.15) is 0 Å². The van der Waals surface area contributed by atoms with Gasteiger partial charge in [0.1, 0.15) is 0 Å². The standard InChI is InChI=1S/C16H21N3O.HI/c1-3-19(4-2)11-7-10-9-18-14-6-5-12(16(17)20)13(8-11)15(10)14;/h5-6,9,11,18H,3-4,7-8H2,1-2H3,(H2,17,20);1H. The van der Waals surface area contributed by atoms with Crippen LogP contribution in [0.15, 0.2) is 18.3 Å². The molecule has 0 radical (unpaired) electrons. The van der Waals surface area contributed by atoms with Crippen molar-refractivity contribution in [2.75, 3.05) is 13.1 Å². The summed E-state index contributed by atoms with van der Waals surface area (Å²) in [5.41, 5.74) is 9.76. The first-order chi connectivity index (χ1) is 9.65. The van der Waals surface area contributed by atoms with Crippen molar-refractivity contribution in [2.24, 2.45) is 5.73 Å². The molecule has 0 saturated carbocycles. The maximum atomic E-state index is 11.7. The molecule has 1 unspecified atom stereocenters. The van der Waals surface area contributed by atoms with Crippen LogP contribution in [0.25, 0.3) is 10.9 Å². The highest BCUT2D eigenvalue weighted by Crippen LogP contribution is 2.33. The summed E-state index contributed by atoms with van der Waals surface area (Å²) in [7, 11) is 0. The molecule has 21 heavy (non-hydrogen) atoms. The molecular formula is C16H22IN3O. The summed E-state index contributed by atoms with van der Waals surface area (Å²) in [5.74, 6) is -0.325. The highest BCUT2D eigenvalue weighted by molar-refractivity contribution is 14.0. The van der Waals surface area contributed by atoms with Crippen LogP contribution in [0, 0.1) is 0 Å². The summed E-state index contributed by atoms with van der Waals surface area (Å²) < 4.78 is 0. The number of halogens is 1. The maximum absolute atomic E-state index is 11.7. The number of aromatic nitrogens is 1. The lowest BCUT2D eigenvalue weighted by Crippen LogP contribution is -2.40. The molecule has 3 N–H and O–H groups in total. The molecule has 0 bridgehead atoms. The molecule has 0 spiro atoms. The fourth-order valence-corrected chi connectivity index (χ4v) is 3.54. The van der Waals surface area contributed by atoms with Crippen LogP contribution in [0.2, 0.25) is 0 Å². The van der Waals surface area contributed by atoms with Crippen LogP contribution in [0.3, 0.4) is 0 Å². The number of nitrogens with one attached hydrogen (secondary N) is 1. The SMILES string of the molecule is CCN(CC)C1Cc2c[nH]c3ccc(C(N)=O)c(c23)C1.I. The summed E-state index contributed by atoms with van der Waals surface area (Å²) in [5, 5.41) is 1.21. The highest BCUT2D eigenvalue weighted by atomic mass is 127. The maximum Gasteiger partial charge on any atom is 0.249 e. The number of nitrogens with zero attached hydrogens (tertiary/aromatic N) is 1. The molecule has 0 aliphatic heterocycles. The third kappa shape index (κ3) is 2.68. The number of aromatic amines is 1. The molecule has 1 amide bonds. The topological polar surface area (TPSA) is 62.1 Å². The van der Waals surface area contributed by atoms with Crippen LogP contribution in [0.1, 0.15) is 35.3 Å². The smallest absolute Gasteiger partial charge is 0.249 e. The van der Waals surface area contributed by atoms with E-state index in [9.17, 15) is 4.79 Å². The molecule has 1 aliphatic rings. The van der Waals surface area contributed by atoms with Gasteiger partial charge in [-0.15, -0.1) is 24.0 Å². The van der Waals surface area contributed by atoms with Gasteiger partial charge in [0.05, 0.1) is 0 Å². The normalized spacial score (nSPS) is 17.0. The lowest BCUT2D eigenvalue weighted by Gasteiger charge is -2.33. The van der Waals surface area contributed by atoms with Gasteiger partial charge in [-0.05, 0) is 49.2 Å². The largest absolute Gasteiger partial charge is 0.366 e. The van der Waals surface area contributed by atoms with Gasteiger partial charge < -0.3 is 15.6 Å². The van der Waals surface area contributed by atoms with Crippen molar-refractivity contribution in [3.8, 4) is 0 Å². The summed E-state index contributed by atoms with van der Waals surface area (Å²) in [4.78, 5) is 17.5. The number of likely N-dealkylation sites (N-methyl/N-ethyl adjacent to an activating group) is 1. The molecule has 2 aromatic rings. The molecule has 114 valence electrons. The van der Waals surface area contributed by atoms with Crippen LogP contribution in [-0.2, 0) is 12.8 Å². The first kappa shape index (κ1) is 16.3. The average Bonchev–Trinajstić information content (AvgIpc) is 2.85. The quantitative estimate of drug-likeness (QED) is 0.777. The number of amides is 1. The Hall–Kier alpha value is -1.08. The van der Waals surface area contributed by atoms with E-state index in [2.05, 4.69) is 29.9 Å². The number of hydrogen-bond donors (Lipinski definition) is 2. The Morgan fingerprint density at radius 1 is 1.33 bits per heavy atom. The van der Waals surface area contributed by atoms with Crippen LogP contribution < -0.4 is 5.73 Å². The van der Waals surface area contributed by atoms with Gasteiger partial charge in [0.15, 0.2) is 0 Å². The second kappa shape index (κ2) is 6.36. The first-order valence-electron chi connectivity index (χ1n) is 7.31. The van der Waals surface area contributed by atoms with Crippen LogP contribution >= 0.6 is 24.0 Å². The van der Waals surface area contributed by atoms with Gasteiger partial charge in [0, 0.05) is 28.7 Å². The minimum atomic E-state index is -0.325. The Balaban J connectivity index is 0.00000161. The van der Waals surface area contributed by atoms with Gasteiger partial charge in [-0.25, -0.2) is 0 Å². The summed E-state index contributed by atoms with van der Waals surface area (Å²) >= 11 is 0. The monoisotopic (exact) mass is 399 g/mol. The van der Waals surface area contributed by atoms with Crippen LogP contribution in [0.5, 0.6) is 0 Å². The van der Waals surface area contributed by atoms with E-state index in [1.165, 1.54) is 10.9 Å². The minimum absolute atomic E-state index is 0. The Labute approximate surface area is 142 Å². The van der Waals surface area contributed by atoms with Crippen molar-refractivity contribution in [3.63, 3.8) is 0 Å². The van der Waals surface area contributed by atoms with E-state index in [1.807, 2.05) is 12.1 Å². The van der Waals surface area contributed by atoms with Crippen molar-refractivity contribution in [1.29, 1.82) is 0 Å². The van der Waals surface area contributed by atoms with E-state index < -0.39 is 0 Å². The lowest BCUT2D eigenvalue weighted by atomic mass is 9.85. The van der Waals surface area contributed by atoms with Gasteiger partial charge in [-0.3, -0.25) is 4.79 Å². The number of H-pyrrole nitrogens is 1. The Bertz CT molecular complexity index is 661. The highest BCUT2D eigenvalue weighted by Gasteiger charge is 2.27. The number of carbonyl (C=O) groups excluding carboxylic acids is 1. The Morgan fingerprint density at radius 2 is 2.05 bits per heavy atom. The van der Waals surface area contributed by atoms with Gasteiger partial charge in [0.25, 0.3) is 0 Å². The molecule has 1 heterocycles. The fraction of sp³-hybridized carbons (Fsp3) is 0.438. The first-order valence-corrected chi connectivity index (χ1v) is 7.31. The van der Waals surface area contributed by atoms with Gasteiger partial charge >= 0.3 is 0 Å². The number of primary amides is 1. The summed E-state index contributed by atoms with van der Waals surface area (Å²) in [6.07, 6.45) is 4.02. The zero-order valence-corrected chi connectivity index (χ0v) is 14.8. The van der Waals surface area contributed by atoms with Crippen LogP contribution in [-0.4, -0.2) is 34.9 Å². The summed E-state index contributed by atoms with van der Waals surface area (Å²) in [6.45, 7) is 6.43. The molecule has 0 saturated heterocycles. The third-order valence-electron chi connectivity index (χ3n) is 4.53. The molecule has 4 nitrogen and oxygen atoms in total. The Morgan fingerprint density at radius 3 is 2.67 bits per heavy atom. The van der Waals surface area contributed by atoms with Gasteiger partial charge in [-0.1, -0.05) is 13.8 Å². The van der Waals surface area contributed by atoms with Crippen molar-refractivity contribution in [1.82, 2.24) is 9.88 Å². The molecule has 0 fully saturated rings. The predicted octanol–water partition coefficient (Wildman–Crippen LogP) is 2.69. The van der Waals surface area contributed by atoms with E-state index in [1.54, 1.807) is 0 Å². The average molecular weight is 399 g/mol. The molecule has 1 aromatic heterocycles. The zero-order chi connectivity index (χ0) is 14.3. The van der Waals surface area contributed by atoms with Crippen molar-refractivity contribution < 1.29 is 4.79 Å². The molecule has 3 rings (SSSR count). The number of hydrogen-bond acceptors (Lipinski definition) is 2. The van der Waals surface area contributed by atoms with Crippen molar-refractivity contribution >= 4 is 40.8 Å². The molecule has 5 heteroatoms. The van der Waals surface area contributed by atoms with E-state index in [0.717, 1.165) is 37.0 Å².